The van der Waals surface area contributed by atoms with Crippen LogP contribution in [-0.4, -0.2) is 38.9 Å². The van der Waals surface area contributed by atoms with Crippen LogP contribution < -0.4 is 10.1 Å². The predicted molar refractivity (Wildman–Crippen MR) is 110 cm³/mol. The first-order valence-electron chi connectivity index (χ1n) is 8.77. The van der Waals surface area contributed by atoms with Crippen molar-refractivity contribution >= 4 is 29.0 Å². The number of hydrogen-bond acceptors (Lipinski definition) is 7. The van der Waals surface area contributed by atoms with Crippen LogP contribution >= 0.6 is 11.8 Å². The molecule has 0 saturated carbocycles. The second kappa shape index (κ2) is 9.20. The number of methoxy groups -OCH3 is 1. The van der Waals surface area contributed by atoms with Gasteiger partial charge in [-0.05, 0) is 18.1 Å². The number of nitro groups is 1. The van der Waals surface area contributed by atoms with Crippen molar-refractivity contribution < 1.29 is 14.5 Å². The van der Waals surface area contributed by atoms with Crippen molar-refractivity contribution in [3.63, 3.8) is 0 Å². The number of aryl methyl sites for hydroxylation is 1. The van der Waals surface area contributed by atoms with E-state index < -0.39 is 4.92 Å². The molecule has 0 atom stereocenters. The minimum atomic E-state index is -0.536. The molecule has 10 heteroatoms. The highest BCUT2D eigenvalue weighted by atomic mass is 32.2. The fourth-order valence-corrected chi connectivity index (χ4v) is 3.16. The molecule has 0 spiro atoms. The van der Waals surface area contributed by atoms with E-state index in [0.717, 1.165) is 23.7 Å². The maximum absolute atomic E-state index is 12.3. The van der Waals surface area contributed by atoms with Crippen LogP contribution in [0.5, 0.6) is 5.75 Å². The molecule has 1 amide bonds. The van der Waals surface area contributed by atoms with Gasteiger partial charge in [0.1, 0.15) is 5.75 Å². The van der Waals surface area contributed by atoms with Crippen LogP contribution in [0.4, 0.5) is 11.4 Å². The fourth-order valence-electron chi connectivity index (χ4n) is 2.56. The van der Waals surface area contributed by atoms with Gasteiger partial charge in [0, 0.05) is 17.7 Å². The Kier molecular flexibility index (Phi) is 6.45. The molecular weight excluding hydrogens is 394 g/mol. The number of aromatic nitrogens is 3. The van der Waals surface area contributed by atoms with Gasteiger partial charge in [-0.1, -0.05) is 43.0 Å². The molecule has 0 radical (unpaired) electrons. The minimum Gasteiger partial charge on any atom is -0.495 e. The summed E-state index contributed by atoms with van der Waals surface area (Å²) >= 11 is 1.15. The van der Waals surface area contributed by atoms with Crippen molar-refractivity contribution in [3.05, 3.63) is 58.1 Å². The molecule has 2 N–H and O–H groups in total. The van der Waals surface area contributed by atoms with Crippen molar-refractivity contribution in [1.82, 2.24) is 15.2 Å². The molecule has 0 bridgehead atoms. The van der Waals surface area contributed by atoms with Crippen LogP contribution in [0.15, 0.2) is 47.6 Å². The van der Waals surface area contributed by atoms with Gasteiger partial charge in [0.25, 0.3) is 5.69 Å². The third-order valence-electron chi connectivity index (χ3n) is 4.10. The summed E-state index contributed by atoms with van der Waals surface area (Å²) in [6, 6.07) is 12.0. The second-order valence-electron chi connectivity index (χ2n) is 6.00. The predicted octanol–water partition coefficient (Wildman–Crippen LogP) is 3.68. The minimum absolute atomic E-state index is 0.0396. The molecule has 2 aromatic carbocycles. The van der Waals surface area contributed by atoms with Gasteiger partial charge < -0.3 is 10.1 Å². The van der Waals surface area contributed by atoms with E-state index in [4.69, 9.17) is 4.74 Å². The normalized spacial score (nSPS) is 10.6. The smallest absolute Gasteiger partial charge is 0.271 e. The quantitative estimate of drug-likeness (QED) is 0.328. The number of non-ortho nitro benzene ring substituents is 1. The lowest BCUT2D eigenvalue weighted by molar-refractivity contribution is -0.384. The van der Waals surface area contributed by atoms with Crippen LogP contribution in [0.25, 0.3) is 11.4 Å². The summed E-state index contributed by atoms with van der Waals surface area (Å²) in [5.41, 5.74) is 2.24. The monoisotopic (exact) mass is 413 g/mol. The molecule has 0 saturated heterocycles. The summed E-state index contributed by atoms with van der Waals surface area (Å²) in [7, 11) is 1.42. The van der Waals surface area contributed by atoms with E-state index in [-0.39, 0.29) is 23.0 Å². The van der Waals surface area contributed by atoms with Gasteiger partial charge >= 0.3 is 0 Å². The zero-order chi connectivity index (χ0) is 20.8. The summed E-state index contributed by atoms with van der Waals surface area (Å²) in [6.45, 7) is 2.09. The van der Waals surface area contributed by atoms with Crippen molar-refractivity contribution in [2.75, 3.05) is 18.2 Å². The molecule has 3 aromatic rings. The molecule has 0 unspecified atom stereocenters. The number of hydrogen-bond donors (Lipinski definition) is 2. The Morgan fingerprint density at radius 2 is 2.03 bits per heavy atom. The van der Waals surface area contributed by atoms with E-state index in [1.165, 1.54) is 30.9 Å². The zero-order valence-electron chi connectivity index (χ0n) is 15.8. The molecule has 0 fully saturated rings. The van der Waals surface area contributed by atoms with Crippen LogP contribution in [0.3, 0.4) is 0 Å². The van der Waals surface area contributed by atoms with Crippen LogP contribution in [0, 0.1) is 10.1 Å². The average Bonchev–Trinajstić information content (AvgIpc) is 3.21. The molecule has 0 aliphatic rings. The Labute approximate surface area is 171 Å². The number of nitrogens with zero attached hydrogens (tertiary/aromatic N) is 3. The van der Waals surface area contributed by atoms with Gasteiger partial charge in [-0.2, -0.15) is 0 Å². The molecule has 3 rings (SSSR count). The topological polar surface area (TPSA) is 123 Å². The third kappa shape index (κ3) is 5.11. The van der Waals surface area contributed by atoms with E-state index in [9.17, 15) is 14.9 Å². The van der Waals surface area contributed by atoms with E-state index >= 15 is 0 Å². The number of amides is 1. The van der Waals surface area contributed by atoms with Gasteiger partial charge in [0.2, 0.25) is 11.1 Å². The van der Waals surface area contributed by atoms with Crippen molar-refractivity contribution in [2.24, 2.45) is 0 Å². The van der Waals surface area contributed by atoms with Gasteiger partial charge in [-0.15, -0.1) is 5.10 Å². The first-order valence-corrected chi connectivity index (χ1v) is 9.75. The molecule has 0 aliphatic heterocycles. The highest BCUT2D eigenvalue weighted by Gasteiger charge is 2.15. The maximum atomic E-state index is 12.3. The van der Waals surface area contributed by atoms with E-state index in [1.807, 2.05) is 24.3 Å². The molecule has 1 heterocycles. The average molecular weight is 413 g/mol. The number of carbonyl (C=O) groups is 1. The Morgan fingerprint density at radius 3 is 2.69 bits per heavy atom. The summed E-state index contributed by atoms with van der Waals surface area (Å²) in [5, 5.41) is 21.0. The first-order chi connectivity index (χ1) is 14.0. The number of aromatic amines is 1. The summed E-state index contributed by atoms with van der Waals surface area (Å²) in [6.07, 6.45) is 0.961. The van der Waals surface area contributed by atoms with E-state index in [2.05, 4.69) is 27.4 Å². The van der Waals surface area contributed by atoms with Crippen molar-refractivity contribution in [1.29, 1.82) is 0 Å². The lowest BCUT2D eigenvalue weighted by Gasteiger charge is -2.09. The van der Waals surface area contributed by atoms with Gasteiger partial charge in [-0.25, -0.2) is 4.98 Å². The Bertz CT molecular complexity index is 1020. The number of H-pyrrole nitrogens is 1. The maximum Gasteiger partial charge on any atom is 0.271 e. The standard InChI is InChI=1S/C19H19N5O4S/c1-3-12-4-6-13(7-5-12)18-21-19(23-22-18)29-11-17(25)20-15-10-14(24(26)27)8-9-16(15)28-2/h4-10H,3,11H2,1-2H3,(H,20,25)(H,21,22,23). The van der Waals surface area contributed by atoms with Gasteiger partial charge in [0.15, 0.2) is 5.82 Å². The first kappa shape index (κ1) is 20.3. The number of rotatable bonds is 8. The molecule has 29 heavy (non-hydrogen) atoms. The Morgan fingerprint density at radius 1 is 1.28 bits per heavy atom. The number of thioether (sulfide) groups is 1. The number of benzene rings is 2. The lowest BCUT2D eigenvalue weighted by atomic mass is 10.1. The Balaban J connectivity index is 1.62. The van der Waals surface area contributed by atoms with E-state index in [1.54, 1.807) is 0 Å². The Hall–Kier alpha value is -3.40. The van der Waals surface area contributed by atoms with E-state index in [0.29, 0.717) is 16.7 Å². The summed E-state index contributed by atoms with van der Waals surface area (Å²) in [5.74, 6) is 0.644. The van der Waals surface area contributed by atoms with Crippen molar-refractivity contribution in [2.45, 2.75) is 18.5 Å². The second-order valence-corrected chi connectivity index (χ2v) is 6.94. The van der Waals surface area contributed by atoms with Gasteiger partial charge in [0.05, 0.1) is 23.5 Å². The molecule has 150 valence electrons. The van der Waals surface area contributed by atoms with Crippen LogP contribution in [-0.2, 0) is 11.2 Å². The highest BCUT2D eigenvalue weighted by molar-refractivity contribution is 7.99. The molecule has 0 aliphatic carbocycles. The fraction of sp³-hybridized carbons (Fsp3) is 0.211. The summed E-state index contributed by atoms with van der Waals surface area (Å²) < 4.78 is 5.14. The largest absolute Gasteiger partial charge is 0.495 e. The number of carbonyl (C=O) groups excluding carboxylic acids is 1. The van der Waals surface area contributed by atoms with Crippen LogP contribution in [0.2, 0.25) is 0 Å². The molecular formula is C19H19N5O4S. The number of anilines is 1. The SMILES string of the molecule is CCc1ccc(-c2nc(SCC(=O)Nc3cc([N+](=O)[O-])ccc3OC)n[nH]2)cc1. The summed E-state index contributed by atoms with van der Waals surface area (Å²) in [4.78, 5) is 27.0. The number of nitro benzene ring substituents is 1. The van der Waals surface area contributed by atoms with Gasteiger partial charge in [-0.3, -0.25) is 20.0 Å². The lowest BCUT2D eigenvalue weighted by Crippen LogP contribution is -2.15. The molecule has 1 aromatic heterocycles. The van der Waals surface area contributed by atoms with Crippen molar-refractivity contribution in [3.8, 4) is 17.1 Å². The molecule has 9 nitrogen and oxygen atoms in total. The zero-order valence-corrected chi connectivity index (χ0v) is 16.7. The highest BCUT2D eigenvalue weighted by Crippen LogP contribution is 2.29. The van der Waals surface area contributed by atoms with Crippen LogP contribution in [0.1, 0.15) is 12.5 Å². The third-order valence-corrected chi connectivity index (χ3v) is 4.95. The number of nitrogens with one attached hydrogen (secondary N) is 2. The number of ether oxygens (including phenoxy) is 1.